The van der Waals surface area contributed by atoms with E-state index in [9.17, 15) is 0 Å². The van der Waals surface area contributed by atoms with E-state index in [1.165, 1.54) is 132 Å². The molecule has 0 bridgehead atoms. The fourth-order valence-electron chi connectivity index (χ4n) is 10.6. The Hall–Kier alpha value is -9.96. The topological polar surface area (TPSA) is 14.8 Å². The van der Waals surface area contributed by atoms with Gasteiger partial charge in [-0.15, -0.1) is 0 Å². The normalized spacial score (nSPS) is 7.35. The summed E-state index contributed by atoms with van der Waals surface area (Å²) in [7, 11) is 6.35. The summed E-state index contributed by atoms with van der Waals surface area (Å²) in [4.78, 5) is 0. The van der Waals surface area contributed by atoms with Crippen LogP contribution in [0.5, 0.6) is 0 Å². The number of rotatable bonds is 0. The molecular formula is C141H261N3. The second-order valence-corrected chi connectivity index (χ2v) is 23.6. The van der Waals surface area contributed by atoms with Crippen LogP contribution in [-0.2, 0) is 21.1 Å². The van der Waals surface area contributed by atoms with E-state index in [-0.39, 0.29) is 44.6 Å². The average Bonchev–Trinajstić information content (AvgIpc) is 1.64. The molecule has 0 radical (unpaired) electrons. The third-order valence-electron chi connectivity index (χ3n) is 16.1. The van der Waals surface area contributed by atoms with Crippen molar-refractivity contribution in [1.82, 2.24) is 13.7 Å². The SMILES string of the molecule is C.C.C.C.C.C.CC.CC.CC.CC.CC.CC.CC.CC.CC.CC.CC.CC.CC.CC.CC.CC.CC.CC.CC.CC.CC.CC.CC.CC.Cc1ccc(C)cc1.Cc1ccc(C)cc1.Cc1cccc(C)c1.Cc1cccc(C)c1.Cc1ccccc1C.Cc1ccccc1C.Cn1c2ccccc2c2ccccc21.Cn1c2ccccc2c2ccccc21.Cn1c2ccccc2c2ccccc21. The van der Waals surface area contributed by atoms with Crippen LogP contribution in [0, 0.1) is 83.1 Å². The molecule has 0 saturated heterocycles. The number of nitrogens with zero attached hydrogens (tertiary/aromatic N) is 3. The number of fused-ring (bicyclic) bond motifs is 9. The zero-order valence-corrected chi connectivity index (χ0v) is 104. The van der Waals surface area contributed by atoms with Gasteiger partial charge in [0.1, 0.15) is 0 Å². The molecule has 15 aromatic rings. The zero-order valence-electron chi connectivity index (χ0n) is 104. The first-order chi connectivity index (χ1) is 67.4. The van der Waals surface area contributed by atoms with E-state index in [0.717, 1.165) is 0 Å². The number of benzene rings is 12. The molecule has 3 nitrogen and oxygen atoms in total. The molecule has 3 heteroatoms. The Labute approximate surface area is 912 Å². The van der Waals surface area contributed by atoms with Gasteiger partial charge in [-0.25, -0.2) is 0 Å². The monoisotopic (exact) mass is 2000 g/mol. The maximum absolute atomic E-state index is 2.24. The molecule has 12 aromatic carbocycles. The van der Waals surface area contributed by atoms with Crippen molar-refractivity contribution in [2.45, 2.75) is 460 Å². The number of aryl methyl sites for hydroxylation is 15. The summed E-state index contributed by atoms with van der Waals surface area (Å²) in [5.41, 5.74) is 23.9. The lowest BCUT2D eigenvalue weighted by Gasteiger charge is -1.95. The highest BCUT2D eigenvalue weighted by molar-refractivity contribution is 6.09. The number of hydrogen-bond donors (Lipinski definition) is 0. The zero-order chi connectivity index (χ0) is 113. The Balaban J connectivity index is -0.0000000486. The van der Waals surface area contributed by atoms with Gasteiger partial charge in [0.2, 0.25) is 0 Å². The molecule has 0 aliphatic heterocycles. The van der Waals surface area contributed by atoms with Gasteiger partial charge >= 0.3 is 0 Å². The molecule has 0 fully saturated rings. The van der Waals surface area contributed by atoms with Gasteiger partial charge in [0, 0.05) is 86.6 Å². The van der Waals surface area contributed by atoms with Crippen molar-refractivity contribution in [3.8, 4) is 0 Å². The first-order valence-electron chi connectivity index (χ1n) is 55.3. The first-order valence-corrected chi connectivity index (χ1v) is 55.3. The molecule has 0 saturated carbocycles. The molecule has 0 amide bonds. The largest absolute Gasteiger partial charge is 0.344 e. The van der Waals surface area contributed by atoms with Gasteiger partial charge in [-0.05, 0) is 142 Å². The van der Waals surface area contributed by atoms with Gasteiger partial charge in [0.15, 0.2) is 0 Å². The van der Waals surface area contributed by atoms with Crippen LogP contribution >= 0.6 is 0 Å². The van der Waals surface area contributed by atoms with Crippen LogP contribution in [-0.4, -0.2) is 13.7 Å². The Bertz CT molecular complexity index is 3970. The standard InChI is InChI=1S/3C13H11N.6C8H10.24C2H6.6CH4/c3*1-14-12-8-4-2-6-10(12)11-7-3-5-9-13(11)14;2*1-7-3-5-8(2)6-4-7;2*1-7-4-3-5-8(2)6-7;2*1-7-5-3-4-6-8(7)2;24*1-2;;;;;;/h3*2-9H,1H3;6*3-6H,1-2H3;24*1-2H3;6*1H4. The van der Waals surface area contributed by atoms with Crippen LogP contribution in [0.4, 0.5) is 0 Å². The lowest BCUT2D eigenvalue weighted by Crippen LogP contribution is -1.84. The van der Waals surface area contributed by atoms with Crippen LogP contribution in [0.2, 0.25) is 0 Å². The second-order valence-electron chi connectivity index (χ2n) is 23.6. The van der Waals surface area contributed by atoms with Crippen molar-refractivity contribution in [2.24, 2.45) is 21.1 Å². The van der Waals surface area contributed by atoms with Crippen molar-refractivity contribution < 1.29 is 0 Å². The number of aromatic nitrogens is 3. The van der Waals surface area contributed by atoms with Gasteiger partial charge in [0.05, 0.1) is 0 Å². The smallest absolute Gasteiger partial charge is 0.0488 e. The Morgan fingerprint density at radius 3 is 0.299 bits per heavy atom. The maximum atomic E-state index is 2.24. The van der Waals surface area contributed by atoms with E-state index in [0.29, 0.717) is 0 Å². The third kappa shape index (κ3) is 95.6. The molecule has 0 unspecified atom stereocenters. The molecule has 3 heterocycles. The van der Waals surface area contributed by atoms with Crippen LogP contribution in [0.25, 0.3) is 65.4 Å². The van der Waals surface area contributed by atoms with Crippen molar-refractivity contribution in [2.75, 3.05) is 0 Å². The highest BCUT2D eigenvalue weighted by Crippen LogP contribution is 2.30. The van der Waals surface area contributed by atoms with Gasteiger partial charge in [0.25, 0.3) is 0 Å². The number of para-hydroxylation sites is 6. The van der Waals surface area contributed by atoms with E-state index in [4.69, 9.17) is 0 Å². The molecule has 0 aliphatic rings. The third-order valence-corrected chi connectivity index (χ3v) is 16.1. The molecular weight excluding hydrogens is 1740 g/mol. The van der Waals surface area contributed by atoms with Gasteiger partial charge < -0.3 is 13.7 Å². The van der Waals surface area contributed by atoms with E-state index in [1.807, 2.05) is 332 Å². The Kier molecular flexibility index (Phi) is 223. The van der Waals surface area contributed by atoms with E-state index in [2.05, 4.69) is 409 Å². The molecule has 0 N–H and O–H groups in total. The summed E-state index contributed by atoms with van der Waals surface area (Å²) < 4.78 is 6.72. The highest BCUT2D eigenvalue weighted by atomic mass is 14.9. The summed E-state index contributed by atoms with van der Waals surface area (Å²) in [6, 6.07) is 102. The molecule has 0 atom stereocenters. The summed E-state index contributed by atoms with van der Waals surface area (Å²) in [6.07, 6.45) is 0. The predicted octanol–water partition coefficient (Wildman–Crippen LogP) is 52.3. The van der Waals surface area contributed by atoms with Crippen molar-refractivity contribution in [3.63, 3.8) is 0 Å². The van der Waals surface area contributed by atoms with E-state index in [1.54, 1.807) is 0 Å². The fourth-order valence-corrected chi connectivity index (χ4v) is 10.6. The molecule has 15 rings (SSSR count). The Morgan fingerprint density at radius 1 is 0.111 bits per heavy atom. The molecule has 840 valence electrons. The summed E-state index contributed by atoms with van der Waals surface area (Å²) in [5, 5.41) is 8.03. The first kappa shape index (κ1) is 196. The molecule has 0 spiro atoms. The highest BCUT2D eigenvalue weighted by Gasteiger charge is 2.08. The van der Waals surface area contributed by atoms with E-state index < -0.39 is 0 Å². The van der Waals surface area contributed by atoms with Gasteiger partial charge in [-0.1, -0.05) is 676 Å². The minimum Gasteiger partial charge on any atom is -0.344 e. The fraction of sp³-hybridized carbons (Fsp3) is 0.489. The van der Waals surface area contributed by atoms with Crippen LogP contribution in [0.1, 0.15) is 444 Å². The molecule has 0 aliphatic carbocycles. The second kappa shape index (κ2) is 164. The number of hydrogen-bond acceptors (Lipinski definition) is 0. The molecule has 3 aromatic heterocycles. The Morgan fingerprint density at radius 2 is 0.208 bits per heavy atom. The maximum Gasteiger partial charge on any atom is 0.0488 e. The van der Waals surface area contributed by atoms with Crippen molar-refractivity contribution in [3.05, 3.63) is 358 Å². The molecule has 144 heavy (non-hydrogen) atoms. The quantitative estimate of drug-likeness (QED) is 0.144. The minimum absolute atomic E-state index is 0. The summed E-state index contributed by atoms with van der Waals surface area (Å²) in [5.74, 6) is 0. The van der Waals surface area contributed by atoms with Crippen molar-refractivity contribution >= 4 is 65.4 Å². The van der Waals surface area contributed by atoms with Crippen LogP contribution in [0.3, 0.4) is 0 Å². The summed E-state index contributed by atoms with van der Waals surface area (Å²) in [6.45, 7) is 121. The van der Waals surface area contributed by atoms with Gasteiger partial charge in [-0.2, -0.15) is 0 Å². The lowest BCUT2D eigenvalue weighted by atomic mass is 10.1. The lowest BCUT2D eigenvalue weighted by molar-refractivity contribution is 1.01. The van der Waals surface area contributed by atoms with Crippen LogP contribution < -0.4 is 0 Å². The summed E-state index contributed by atoms with van der Waals surface area (Å²) >= 11 is 0. The minimum atomic E-state index is 0. The average molecular weight is 2000 g/mol. The van der Waals surface area contributed by atoms with Crippen LogP contribution in [0.15, 0.2) is 291 Å². The van der Waals surface area contributed by atoms with Gasteiger partial charge in [-0.3, -0.25) is 0 Å². The van der Waals surface area contributed by atoms with E-state index >= 15 is 0 Å². The van der Waals surface area contributed by atoms with Crippen molar-refractivity contribution in [1.29, 1.82) is 0 Å². The predicted molar refractivity (Wildman–Crippen MR) is 710 cm³/mol.